The number of carbonyl (C=O) groups is 2. The monoisotopic (exact) mass is 372 g/mol. The number of hydrogen-bond donors (Lipinski definition) is 1. The van der Waals surface area contributed by atoms with Crippen molar-refractivity contribution < 1.29 is 19.1 Å². The number of nitrogens with two attached hydrogens (primary N) is 1. The Morgan fingerprint density at radius 2 is 1.88 bits per heavy atom. The molecule has 2 N–H and O–H groups in total. The summed E-state index contributed by atoms with van der Waals surface area (Å²) in [5.74, 6) is -1.05. The Morgan fingerprint density at radius 3 is 2.46 bits per heavy atom. The molecule has 0 saturated carbocycles. The zero-order valence-corrected chi connectivity index (χ0v) is 15.7. The molecular formula is C19H20N2O4S. The highest BCUT2D eigenvalue weighted by Gasteiger charge is 2.32. The second kappa shape index (κ2) is 8.02. The van der Waals surface area contributed by atoms with Crippen LogP contribution >= 0.6 is 11.3 Å². The number of nitriles is 1. The van der Waals surface area contributed by atoms with Crippen LogP contribution in [0.2, 0.25) is 0 Å². The number of anilines is 1. The van der Waals surface area contributed by atoms with Gasteiger partial charge >= 0.3 is 11.9 Å². The van der Waals surface area contributed by atoms with E-state index in [1.807, 2.05) is 36.4 Å². The average Bonchev–Trinajstić information content (AvgIpc) is 2.96. The second-order valence-corrected chi connectivity index (χ2v) is 7.10. The van der Waals surface area contributed by atoms with E-state index in [9.17, 15) is 14.9 Å². The van der Waals surface area contributed by atoms with Gasteiger partial charge in [-0.2, -0.15) is 5.26 Å². The number of nitrogen functional groups attached to an aromatic ring is 1. The summed E-state index contributed by atoms with van der Waals surface area (Å²) in [7, 11) is 0. The van der Waals surface area contributed by atoms with Crippen LogP contribution in [0.1, 0.15) is 47.1 Å². The molecule has 136 valence electrons. The number of benzene rings is 1. The lowest BCUT2D eigenvalue weighted by Crippen LogP contribution is -2.31. The Bertz CT molecular complexity index is 850. The van der Waals surface area contributed by atoms with Crippen LogP contribution in [-0.4, -0.2) is 18.5 Å². The van der Waals surface area contributed by atoms with E-state index in [1.165, 1.54) is 0 Å². The predicted octanol–water partition coefficient (Wildman–Crippen LogP) is 3.40. The molecule has 0 saturated heterocycles. The van der Waals surface area contributed by atoms with Gasteiger partial charge in [-0.15, -0.1) is 11.3 Å². The third-order valence-electron chi connectivity index (χ3n) is 3.96. The van der Waals surface area contributed by atoms with E-state index in [-0.39, 0.29) is 34.2 Å². The van der Waals surface area contributed by atoms with Gasteiger partial charge in [0.25, 0.3) is 0 Å². The first-order valence-corrected chi connectivity index (χ1v) is 8.85. The van der Waals surface area contributed by atoms with Crippen LogP contribution in [-0.2, 0) is 26.3 Å². The second-order valence-electron chi connectivity index (χ2n) is 6.05. The highest BCUT2D eigenvalue weighted by molar-refractivity contribution is 7.18. The molecule has 0 unspecified atom stereocenters. The molecule has 0 aliphatic rings. The first-order chi connectivity index (χ1) is 12.3. The maximum absolute atomic E-state index is 12.6. The van der Waals surface area contributed by atoms with Gasteiger partial charge in [0.2, 0.25) is 0 Å². The number of esters is 2. The molecular weight excluding hydrogens is 352 g/mol. The molecule has 7 heteroatoms. The summed E-state index contributed by atoms with van der Waals surface area (Å²) in [6, 6.07) is 11.2. The minimum atomic E-state index is -0.875. The first-order valence-electron chi connectivity index (χ1n) is 8.04. The largest absolute Gasteiger partial charge is 0.462 e. The summed E-state index contributed by atoms with van der Waals surface area (Å²) in [5, 5.41) is 9.51. The lowest BCUT2D eigenvalue weighted by molar-refractivity contribution is -0.150. The summed E-state index contributed by atoms with van der Waals surface area (Å²) in [6.45, 7) is 5.16. The molecule has 2 aromatic rings. The Balaban J connectivity index is 2.25. The number of carbonyl (C=O) groups excluding carboxylic acids is 2. The minimum absolute atomic E-state index is 0.142. The van der Waals surface area contributed by atoms with Crippen molar-refractivity contribution in [3.05, 3.63) is 51.9 Å². The van der Waals surface area contributed by atoms with Crippen molar-refractivity contribution in [3.8, 4) is 6.07 Å². The minimum Gasteiger partial charge on any atom is -0.462 e. The molecule has 0 aliphatic carbocycles. The smallest absolute Gasteiger partial charge is 0.348 e. The summed E-state index contributed by atoms with van der Waals surface area (Å²) >= 11 is 0.959. The summed E-state index contributed by atoms with van der Waals surface area (Å²) in [5.41, 5.74) is 6.17. The Morgan fingerprint density at radius 1 is 1.23 bits per heavy atom. The molecule has 6 nitrogen and oxygen atoms in total. The summed E-state index contributed by atoms with van der Waals surface area (Å²) in [6.07, 6.45) is 0. The number of rotatable bonds is 6. The summed E-state index contributed by atoms with van der Waals surface area (Å²) in [4.78, 5) is 24.9. The maximum Gasteiger partial charge on any atom is 0.348 e. The highest BCUT2D eigenvalue weighted by atomic mass is 32.1. The lowest BCUT2D eigenvalue weighted by atomic mass is 9.85. The molecule has 2 rings (SSSR count). The predicted molar refractivity (Wildman–Crippen MR) is 98.7 cm³/mol. The number of thiophene rings is 1. The van der Waals surface area contributed by atoms with Crippen molar-refractivity contribution in [1.82, 2.24) is 0 Å². The molecule has 0 spiro atoms. The van der Waals surface area contributed by atoms with Crippen molar-refractivity contribution in [2.24, 2.45) is 0 Å². The molecule has 0 fully saturated rings. The van der Waals surface area contributed by atoms with E-state index in [0.717, 1.165) is 16.9 Å². The van der Waals surface area contributed by atoms with E-state index < -0.39 is 17.4 Å². The van der Waals surface area contributed by atoms with Crippen molar-refractivity contribution in [2.45, 2.75) is 32.8 Å². The van der Waals surface area contributed by atoms with Crippen molar-refractivity contribution in [2.75, 3.05) is 12.3 Å². The third kappa shape index (κ3) is 3.86. The average molecular weight is 372 g/mol. The van der Waals surface area contributed by atoms with E-state index in [4.69, 9.17) is 15.2 Å². The van der Waals surface area contributed by atoms with Crippen LogP contribution < -0.4 is 5.73 Å². The van der Waals surface area contributed by atoms with Crippen LogP contribution in [0.4, 0.5) is 5.00 Å². The van der Waals surface area contributed by atoms with Crippen molar-refractivity contribution in [1.29, 1.82) is 5.26 Å². The van der Waals surface area contributed by atoms with Crippen LogP contribution in [0, 0.1) is 11.3 Å². The molecule has 1 heterocycles. The van der Waals surface area contributed by atoms with Gasteiger partial charge in [0.1, 0.15) is 22.6 Å². The molecule has 1 aromatic carbocycles. The fourth-order valence-electron chi connectivity index (χ4n) is 2.40. The quantitative estimate of drug-likeness (QED) is 0.780. The van der Waals surface area contributed by atoms with E-state index >= 15 is 0 Å². The third-order valence-corrected chi connectivity index (χ3v) is 5.00. The number of hydrogen-bond acceptors (Lipinski definition) is 7. The highest BCUT2D eigenvalue weighted by Crippen LogP contribution is 2.33. The van der Waals surface area contributed by atoms with E-state index in [1.54, 1.807) is 20.8 Å². The maximum atomic E-state index is 12.6. The molecule has 0 atom stereocenters. The summed E-state index contributed by atoms with van der Waals surface area (Å²) < 4.78 is 10.4. The van der Waals surface area contributed by atoms with Gasteiger partial charge < -0.3 is 15.2 Å². The van der Waals surface area contributed by atoms with Gasteiger partial charge in [-0.1, -0.05) is 30.3 Å². The van der Waals surface area contributed by atoms with E-state index in [2.05, 4.69) is 0 Å². The van der Waals surface area contributed by atoms with Gasteiger partial charge in [-0.3, -0.25) is 4.79 Å². The SMILES string of the molecule is CCOC(=O)c1sc(N)c(C#N)c1COC(=O)C(C)(C)c1ccccc1. The van der Waals surface area contributed by atoms with Crippen LogP contribution in [0.3, 0.4) is 0 Å². The van der Waals surface area contributed by atoms with Crippen LogP contribution in [0.5, 0.6) is 0 Å². The van der Waals surface area contributed by atoms with Gasteiger partial charge in [0.15, 0.2) is 0 Å². The molecule has 1 aromatic heterocycles. The first kappa shape index (κ1) is 19.5. The van der Waals surface area contributed by atoms with Gasteiger partial charge in [-0.05, 0) is 26.3 Å². The molecule has 0 aliphatic heterocycles. The number of ether oxygens (including phenoxy) is 2. The topological polar surface area (TPSA) is 102 Å². The molecule has 0 bridgehead atoms. The normalized spacial score (nSPS) is 10.8. The van der Waals surface area contributed by atoms with Crippen molar-refractivity contribution in [3.63, 3.8) is 0 Å². The van der Waals surface area contributed by atoms with Gasteiger partial charge in [-0.25, -0.2) is 4.79 Å². The Labute approximate surface area is 156 Å². The standard InChI is InChI=1S/C19H20N2O4S/c1-4-24-17(22)15-14(13(10-20)16(21)26-15)11-25-18(23)19(2,3)12-8-6-5-7-9-12/h5-9H,4,11,21H2,1-3H3. The zero-order valence-electron chi connectivity index (χ0n) is 14.9. The Kier molecular flexibility index (Phi) is 6.01. The van der Waals surface area contributed by atoms with Crippen molar-refractivity contribution >= 4 is 28.3 Å². The lowest BCUT2D eigenvalue weighted by Gasteiger charge is -2.23. The van der Waals surface area contributed by atoms with E-state index in [0.29, 0.717) is 0 Å². The van der Waals surface area contributed by atoms with Crippen LogP contribution in [0.15, 0.2) is 30.3 Å². The number of nitrogens with zero attached hydrogens (tertiary/aromatic N) is 1. The molecule has 26 heavy (non-hydrogen) atoms. The molecule has 0 radical (unpaired) electrons. The van der Waals surface area contributed by atoms with Crippen LogP contribution in [0.25, 0.3) is 0 Å². The fourth-order valence-corrected chi connectivity index (χ4v) is 3.31. The molecule has 0 amide bonds. The fraction of sp³-hybridized carbons (Fsp3) is 0.316. The van der Waals surface area contributed by atoms with Gasteiger partial charge in [0, 0.05) is 5.56 Å². The van der Waals surface area contributed by atoms with Gasteiger partial charge in [0.05, 0.1) is 17.6 Å². The zero-order chi connectivity index (χ0) is 19.3. The Hall–Kier alpha value is -2.85.